The van der Waals surface area contributed by atoms with E-state index in [1.807, 2.05) is 19.1 Å². The molecule has 1 aromatic carbocycles. The molecule has 0 saturated carbocycles. The fourth-order valence-electron chi connectivity index (χ4n) is 3.80. The number of nitrogens with zero attached hydrogens (tertiary/aromatic N) is 4. The Morgan fingerprint density at radius 2 is 2.19 bits per heavy atom. The average molecular weight is 458 g/mol. The summed E-state index contributed by atoms with van der Waals surface area (Å²) in [6.45, 7) is 6.66. The summed E-state index contributed by atoms with van der Waals surface area (Å²) in [6.07, 6.45) is 3.63. The third-order valence-corrected chi connectivity index (χ3v) is 6.41. The van der Waals surface area contributed by atoms with Gasteiger partial charge in [0.05, 0.1) is 13.7 Å². The summed E-state index contributed by atoms with van der Waals surface area (Å²) in [6, 6.07) is 5.43. The molecule has 0 aliphatic carbocycles. The maximum atomic E-state index is 12.9. The minimum Gasteiger partial charge on any atom is -0.493 e. The zero-order chi connectivity index (χ0) is 22.7. The normalized spacial score (nSPS) is 16.2. The second kappa shape index (κ2) is 9.56. The van der Waals surface area contributed by atoms with Gasteiger partial charge in [-0.3, -0.25) is 9.59 Å². The molecular weight excluding hydrogens is 430 g/mol. The maximum absolute atomic E-state index is 12.9. The largest absolute Gasteiger partial charge is 0.493 e. The zero-order valence-electron chi connectivity index (χ0n) is 18.5. The van der Waals surface area contributed by atoms with E-state index in [1.54, 1.807) is 13.2 Å². The Balaban J connectivity index is 1.51. The molecule has 1 amide bonds. The zero-order valence-corrected chi connectivity index (χ0v) is 19.3. The second-order valence-corrected chi connectivity index (χ2v) is 8.78. The summed E-state index contributed by atoms with van der Waals surface area (Å²) >= 11 is 1.37. The van der Waals surface area contributed by atoms with Crippen molar-refractivity contribution in [3.63, 3.8) is 0 Å². The number of rotatable bonds is 7. The van der Waals surface area contributed by atoms with E-state index in [2.05, 4.69) is 27.2 Å². The van der Waals surface area contributed by atoms with Crippen LogP contribution >= 0.6 is 11.3 Å². The van der Waals surface area contributed by atoms with Gasteiger partial charge in [-0.05, 0) is 43.4 Å². The topological polar surface area (TPSA) is 98.1 Å². The number of anilines is 1. The van der Waals surface area contributed by atoms with Crippen LogP contribution in [0.15, 0.2) is 29.2 Å². The van der Waals surface area contributed by atoms with E-state index < -0.39 is 11.5 Å². The SMILES string of the molecule is CCOc1cc(CNC(=O)c2cnc3sc(N4CCCC(C)C4)nn3c2=O)ccc1OC. The highest BCUT2D eigenvalue weighted by Crippen LogP contribution is 2.28. The number of ether oxygens (including phenoxy) is 2. The summed E-state index contributed by atoms with van der Waals surface area (Å²) in [7, 11) is 1.58. The van der Waals surface area contributed by atoms with Gasteiger partial charge in [-0.15, -0.1) is 5.10 Å². The number of carbonyl (C=O) groups excluding carboxylic acids is 1. The van der Waals surface area contributed by atoms with Gasteiger partial charge in [-0.1, -0.05) is 24.3 Å². The van der Waals surface area contributed by atoms with Crippen molar-refractivity contribution in [3.05, 3.63) is 45.9 Å². The molecule has 10 heteroatoms. The molecule has 1 fully saturated rings. The van der Waals surface area contributed by atoms with Gasteiger partial charge in [0.1, 0.15) is 5.56 Å². The first-order valence-corrected chi connectivity index (χ1v) is 11.5. The molecule has 1 saturated heterocycles. The number of carbonyl (C=O) groups is 1. The van der Waals surface area contributed by atoms with E-state index in [0.29, 0.717) is 29.0 Å². The second-order valence-electron chi connectivity index (χ2n) is 7.85. The van der Waals surface area contributed by atoms with Crippen molar-refractivity contribution in [2.45, 2.75) is 33.2 Å². The van der Waals surface area contributed by atoms with Crippen molar-refractivity contribution in [3.8, 4) is 11.5 Å². The number of aromatic nitrogens is 3. The lowest BCUT2D eigenvalue weighted by molar-refractivity contribution is 0.0948. The third kappa shape index (κ3) is 4.55. The first kappa shape index (κ1) is 22.1. The van der Waals surface area contributed by atoms with Crippen LogP contribution in [0.3, 0.4) is 0 Å². The molecular formula is C22H27N5O4S. The van der Waals surface area contributed by atoms with Crippen molar-refractivity contribution < 1.29 is 14.3 Å². The summed E-state index contributed by atoms with van der Waals surface area (Å²) in [4.78, 5) is 32.6. The lowest BCUT2D eigenvalue weighted by Gasteiger charge is -2.30. The highest BCUT2D eigenvalue weighted by molar-refractivity contribution is 7.20. The summed E-state index contributed by atoms with van der Waals surface area (Å²) in [5.74, 6) is 1.32. The molecule has 1 aliphatic heterocycles. The van der Waals surface area contributed by atoms with Crippen LogP contribution in [0.4, 0.5) is 5.13 Å². The monoisotopic (exact) mass is 457 g/mol. The molecule has 2 aromatic heterocycles. The first-order valence-electron chi connectivity index (χ1n) is 10.7. The number of hydrogen-bond acceptors (Lipinski definition) is 8. The van der Waals surface area contributed by atoms with Crippen molar-refractivity contribution in [1.29, 1.82) is 0 Å². The van der Waals surface area contributed by atoms with Crippen LogP contribution in [-0.4, -0.2) is 47.3 Å². The molecule has 0 radical (unpaired) electrons. The van der Waals surface area contributed by atoms with Crippen LogP contribution in [-0.2, 0) is 6.54 Å². The minimum atomic E-state index is -0.494. The molecule has 1 unspecified atom stereocenters. The first-order chi connectivity index (χ1) is 15.5. The van der Waals surface area contributed by atoms with E-state index >= 15 is 0 Å². The van der Waals surface area contributed by atoms with E-state index in [1.165, 1.54) is 28.5 Å². The van der Waals surface area contributed by atoms with Gasteiger partial charge in [-0.25, -0.2) is 4.98 Å². The van der Waals surface area contributed by atoms with Gasteiger partial charge in [0, 0.05) is 25.8 Å². The van der Waals surface area contributed by atoms with Gasteiger partial charge >= 0.3 is 0 Å². The molecule has 0 spiro atoms. The van der Waals surface area contributed by atoms with Crippen LogP contribution in [0.5, 0.6) is 11.5 Å². The van der Waals surface area contributed by atoms with Gasteiger partial charge in [0.25, 0.3) is 11.5 Å². The fraction of sp³-hybridized carbons (Fsp3) is 0.455. The Morgan fingerprint density at radius 3 is 2.94 bits per heavy atom. The number of piperidine rings is 1. The molecule has 1 N–H and O–H groups in total. The van der Waals surface area contributed by atoms with E-state index in [4.69, 9.17) is 9.47 Å². The van der Waals surface area contributed by atoms with Crippen molar-refractivity contribution in [1.82, 2.24) is 19.9 Å². The van der Waals surface area contributed by atoms with Crippen molar-refractivity contribution in [2.75, 3.05) is 31.7 Å². The van der Waals surface area contributed by atoms with Gasteiger partial charge in [0.15, 0.2) is 11.5 Å². The standard InChI is InChI=1S/C22H27N5O4S/c1-4-31-18-10-15(7-8-17(18)30-3)11-23-19(28)16-12-24-21-27(20(16)29)25-22(32-21)26-9-5-6-14(2)13-26/h7-8,10,12,14H,4-6,9,11,13H2,1-3H3,(H,23,28). The summed E-state index contributed by atoms with van der Waals surface area (Å²) < 4.78 is 12.1. The number of hydrogen-bond donors (Lipinski definition) is 1. The Kier molecular flexibility index (Phi) is 6.59. The molecule has 1 atom stereocenters. The quantitative estimate of drug-likeness (QED) is 0.582. The number of amides is 1. The van der Waals surface area contributed by atoms with Crippen molar-refractivity contribution in [2.24, 2.45) is 5.92 Å². The lowest BCUT2D eigenvalue weighted by Crippen LogP contribution is -2.34. The van der Waals surface area contributed by atoms with Gasteiger partial charge in [-0.2, -0.15) is 4.52 Å². The molecule has 4 rings (SSSR count). The highest BCUT2D eigenvalue weighted by Gasteiger charge is 2.22. The molecule has 9 nitrogen and oxygen atoms in total. The minimum absolute atomic E-state index is 0.0371. The Bertz CT molecular complexity index is 1170. The average Bonchev–Trinajstić information content (AvgIpc) is 3.24. The van der Waals surface area contributed by atoms with Crippen LogP contribution in [0.2, 0.25) is 0 Å². The predicted octanol–water partition coefficient (Wildman–Crippen LogP) is 2.72. The van der Waals surface area contributed by atoms with Crippen LogP contribution < -0.4 is 25.2 Å². The van der Waals surface area contributed by atoms with Crippen LogP contribution in [0, 0.1) is 5.92 Å². The van der Waals surface area contributed by atoms with Crippen molar-refractivity contribution >= 4 is 27.3 Å². The maximum Gasteiger partial charge on any atom is 0.288 e. The molecule has 3 aromatic rings. The number of methoxy groups -OCH3 is 1. The van der Waals surface area contributed by atoms with E-state index in [9.17, 15) is 9.59 Å². The Morgan fingerprint density at radius 1 is 1.34 bits per heavy atom. The number of fused-ring (bicyclic) bond motifs is 1. The Hall–Kier alpha value is -3.14. The van der Waals surface area contributed by atoms with Gasteiger partial charge in [0.2, 0.25) is 10.1 Å². The van der Waals surface area contributed by atoms with Crippen LogP contribution in [0.1, 0.15) is 42.6 Å². The van der Waals surface area contributed by atoms with E-state index in [0.717, 1.165) is 30.2 Å². The summed E-state index contributed by atoms with van der Waals surface area (Å²) in [5.41, 5.74) is 0.321. The number of nitrogens with one attached hydrogen (secondary N) is 1. The smallest absolute Gasteiger partial charge is 0.288 e. The van der Waals surface area contributed by atoms with Gasteiger partial charge < -0.3 is 19.7 Å². The Labute approximate surface area is 190 Å². The fourth-order valence-corrected chi connectivity index (χ4v) is 4.70. The lowest BCUT2D eigenvalue weighted by atomic mass is 10.0. The number of benzene rings is 1. The molecule has 32 heavy (non-hydrogen) atoms. The molecule has 170 valence electrons. The van der Waals surface area contributed by atoms with E-state index in [-0.39, 0.29) is 12.1 Å². The van der Waals surface area contributed by atoms with Crippen LogP contribution in [0.25, 0.3) is 4.96 Å². The molecule has 1 aliphatic rings. The third-order valence-electron chi connectivity index (χ3n) is 5.43. The predicted molar refractivity (Wildman–Crippen MR) is 123 cm³/mol. The summed E-state index contributed by atoms with van der Waals surface area (Å²) in [5, 5.41) is 8.00. The molecule has 0 bridgehead atoms. The highest BCUT2D eigenvalue weighted by atomic mass is 32.1. The molecule has 3 heterocycles.